The van der Waals surface area contributed by atoms with E-state index < -0.39 is 36.4 Å². The smallest absolute Gasteiger partial charge is 0.0893 e. The molecule has 1 saturated carbocycles. The summed E-state index contributed by atoms with van der Waals surface area (Å²) >= 11 is 0. The van der Waals surface area contributed by atoms with Crippen LogP contribution in [0.5, 0.6) is 0 Å². The van der Waals surface area contributed by atoms with Gasteiger partial charge in [0, 0.05) is 0 Å². The molecule has 0 heterocycles. The van der Waals surface area contributed by atoms with Crippen LogP contribution in [0.15, 0.2) is 0 Å². The Morgan fingerprint density at radius 3 is 0.917 bits per heavy atom. The van der Waals surface area contributed by atoms with Crippen molar-refractivity contribution >= 4 is 0 Å². The molecular weight excluding hydrogens is 162 g/mol. The van der Waals surface area contributed by atoms with Gasteiger partial charge >= 0.3 is 0 Å². The predicted octanol–water partition coefficient (Wildman–Crippen LogP) is -3.94. The molecule has 6 heteroatoms. The molecule has 0 bridgehead atoms. The number of nitrogens with two attached hydrogens (primary N) is 3. The van der Waals surface area contributed by atoms with Gasteiger partial charge in [0.2, 0.25) is 0 Å². The maximum absolute atomic E-state index is 9.28. The molecule has 1 aliphatic rings. The van der Waals surface area contributed by atoms with Gasteiger partial charge in [0.15, 0.2) is 0 Å². The second kappa shape index (κ2) is 3.25. The number of aliphatic hydroxyl groups is 3. The van der Waals surface area contributed by atoms with E-state index in [0.717, 1.165) is 0 Å². The minimum atomic E-state index is -1.12. The SMILES string of the molecule is NC1C(O)C(N)C(O)C(N)C1O. The predicted molar refractivity (Wildman–Crippen MR) is 41.9 cm³/mol. The van der Waals surface area contributed by atoms with E-state index in [-0.39, 0.29) is 0 Å². The Kier molecular flexibility index (Phi) is 2.67. The molecule has 0 aliphatic heterocycles. The van der Waals surface area contributed by atoms with Crippen molar-refractivity contribution in [1.82, 2.24) is 0 Å². The van der Waals surface area contributed by atoms with Crippen molar-refractivity contribution in [2.45, 2.75) is 36.4 Å². The van der Waals surface area contributed by atoms with E-state index in [1.54, 1.807) is 0 Å². The number of aliphatic hydroxyl groups excluding tert-OH is 3. The minimum absolute atomic E-state index is 0.890. The maximum Gasteiger partial charge on any atom is 0.0893 e. The zero-order chi connectivity index (χ0) is 9.46. The molecule has 9 N–H and O–H groups in total. The molecule has 0 radical (unpaired) electrons. The third-order valence-corrected chi connectivity index (χ3v) is 2.37. The fourth-order valence-electron chi connectivity index (χ4n) is 1.38. The van der Waals surface area contributed by atoms with Crippen molar-refractivity contribution in [3.05, 3.63) is 0 Å². The monoisotopic (exact) mass is 177 g/mol. The van der Waals surface area contributed by atoms with Crippen LogP contribution >= 0.6 is 0 Å². The van der Waals surface area contributed by atoms with Gasteiger partial charge in [-0.1, -0.05) is 0 Å². The van der Waals surface area contributed by atoms with Crippen LogP contribution in [0.1, 0.15) is 0 Å². The Hall–Kier alpha value is -0.240. The highest BCUT2D eigenvalue weighted by atomic mass is 16.3. The first-order chi connectivity index (χ1) is 5.46. The van der Waals surface area contributed by atoms with Crippen LogP contribution in [0.2, 0.25) is 0 Å². The van der Waals surface area contributed by atoms with Crippen molar-refractivity contribution in [3.63, 3.8) is 0 Å². The molecule has 0 unspecified atom stereocenters. The Morgan fingerprint density at radius 2 is 0.750 bits per heavy atom. The lowest BCUT2D eigenvalue weighted by molar-refractivity contribution is -0.0699. The summed E-state index contributed by atoms with van der Waals surface area (Å²) in [4.78, 5) is 0. The lowest BCUT2D eigenvalue weighted by Crippen LogP contribution is -2.71. The van der Waals surface area contributed by atoms with E-state index in [0.29, 0.717) is 0 Å². The van der Waals surface area contributed by atoms with Crippen molar-refractivity contribution in [2.75, 3.05) is 0 Å². The van der Waals surface area contributed by atoms with Crippen molar-refractivity contribution in [2.24, 2.45) is 17.2 Å². The Morgan fingerprint density at radius 1 is 0.583 bits per heavy atom. The molecule has 0 spiro atoms. The summed E-state index contributed by atoms with van der Waals surface area (Å²) < 4.78 is 0. The maximum atomic E-state index is 9.28. The third-order valence-electron chi connectivity index (χ3n) is 2.37. The first-order valence-electron chi connectivity index (χ1n) is 3.77. The van der Waals surface area contributed by atoms with Gasteiger partial charge in [0.05, 0.1) is 36.4 Å². The molecule has 0 saturated heterocycles. The standard InChI is InChI=1S/C6H15N3O3/c7-1-4(10)2(8)6(12)3(9)5(1)11/h1-6,10-12H,7-9H2. The topological polar surface area (TPSA) is 139 Å². The highest BCUT2D eigenvalue weighted by Gasteiger charge is 2.44. The normalized spacial score (nSPS) is 55.5. The van der Waals surface area contributed by atoms with Gasteiger partial charge in [-0.2, -0.15) is 0 Å². The van der Waals surface area contributed by atoms with Gasteiger partial charge in [-0.05, 0) is 0 Å². The van der Waals surface area contributed by atoms with E-state index in [2.05, 4.69) is 0 Å². The molecular formula is C6H15N3O3. The quantitative estimate of drug-likeness (QED) is 0.223. The van der Waals surface area contributed by atoms with Gasteiger partial charge in [0.1, 0.15) is 0 Å². The molecule has 0 atom stereocenters. The minimum Gasteiger partial charge on any atom is -0.390 e. The second-order valence-corrected chi connectivity index (χ2v) is 3.20. The Balaban J connectivity index is 2.76. The second-order valence-electron chi connectivity index (χ2n) is 3.20. The van der Waals surface area contributed by atoms with E-state index in [4.69, 9.17) is 17.2 Å². The van der Waals surface area contributed by atoms with Crippen LogP contribution < -0.4 is 17.2 Å². The van der Waals surface area contributed by atoms with Gasteiger partial charge < -0.3 is 32.5 Å². The van der Waals surface area contributed by atoms with Crippen LogP contribution in [-0.2, 0) is 0 Å². The molecule has 1 aliphatic carbocycles. The number of rotatable bonds is 0. The Bertz CT molecular complexity index is 110. The molecule has 0 aromatic rings. The van der Waals surface area contributed by atoms with Gasteiger partial charge in [-0.25, -0.2) is 0 Å². The summed E-state index contributed by atoms with van der Waals surface area (Å²) in [7, 11) is 0. The lowest BCUT2D eigenvalue weighted by Gasteiger charge is -2.41. The van der Waals surface area contributed by atoms with Crippen LogP contribution in [-0.4, -0.2) is 51.8 Å². The lowest BCUT2D eigenvalue weighted by atomic mass is 9.81. The highest BCUT2D eigenvalue weighted by molar-refractivity contribution is 5.04. The van der Waals surface area contributed by atoms with Crippen LogP contribution in [0.3, 0.4) is 0 Å². The molecule has 0 aromatic heterocycles. The molecule has 72 valence electrons. The largest absolute Gasteiger partial charge is 0.390 e. The zero-order valence-electron chi connectivity index (χ0n) is 6.54. The molecule has 0 aromatic carbocycles. The van der Waals surface area contributed by atoms with E-state index in [9.17, 15) is 15.3 Å². The summed E-state index contributed by atoms with van der Waals surface area (Å²) in [5.74, 6) is 0. The summed E-state index contributed by atoms with van der Waals surface area (Å²) in [6.45, 7) is 0. The third kappa shape index (κ3) is 1.33. The van der Waals surface area contributed by atoms with Gasteiger partial charge in [-0.15, -0.1) is 0 Å². The first-order valence-corrected chi connectivity index (χ1v) is 3.77. The Labute approximate surface area is 70.0 Å². The van der Waals surface area contributed by atoms with E-state index in [1.165, 1.54) is 0 Å². The van der Waals surface area contributed by atoms with Crippen LogP contribution in [0.4, 0.5) is 0 Å². The summed E-state index contributed by atoms with van der Waals surface area (Å²) in [6.07, 6.45) is -3.35. The summed E-state index contributed by atoms with van der Waals surface area (Å²) in [5.41, 5.74) is 16.2. The molecule has 1 fully saturated rings. The molecule has 0 amide bonds. The summed E-state index contributed by atoms with van der Waals surface area (Å²) in [5, 5.41) is 27.8. The van der Waals surface area contributed by atoms with Crippen molar-refractivity contribution in [1.29, 1.82) is 0 Å². The molecule has 1 rings (SSSR count). The zero-order valence-corrected chi connectivity index (χ0v) is 6.54. The average molecular weight is 177 g/mol. The van der Waals surface area contributed by atoms with Crippen molar-refractivity contribution in [3.8, 4) is 0 Å². The van der Waals surface area contributed by atoms with Crippen LogP contribution in [0, 0.1) is 0 Å². The van der Waals surface area contributed by atoms with Crippen LogP contribution in [0.25, 0.3) is 0 Å². The number of hydrogen-bond donors (Lipinski definition) is 6. The number of hydrogen-bond acceptors (Lipinski definition) is 6. The summed E-state index contributed by atoms with van der Waals surface area (Å²) in [6, 6.07) is -2.67. The van der Waals surface area contributed by atoms with E-state index in [1.807, 2.05) is 0 Å². The van der Waals surface area contributed by atoms with Gasteiger partial charge in [-0.3, -0.25) is 0 Å². The molecule has 6 nitrogen and oxygen atoms in total. The fraction of sp³-hybridized carbons (Fsp3) is 1.00. The first kappa shape index (κ1) is 9.85. The highest BCUT2D eigenvalue weighted by Crippen LogP contribution is 2.16. The van der Waals surface area contributed by atoms with Crippen molar-refractivity contribution < 1.29 is 15.3 Å². The van der Waals surface area contributed by atoms with E-state index >= 15 is 0 Å². The van der Waals surface area contributed by atoms with Gasteiger partial charge in [0.25, 0.3) is 0 Å². The molecule has 12 heavy (non-hydrogen) atoms. The fourth-order valence-corrected chi connectivity index (χ4v) is 1.38. The average Bonchev–Trinajstić information content (AvgIpc) is 2.08.